The zero-order chi connectivity index (χ0) is 11.4. The first-order valence-corrected chi connectivity index (χ1v) is 5.31. The SMILES string of the molecule is O=C1CCCN1c1ccc(C#CCO)cc1. The molecule has 1 saturated heterocycles. The van der Waals surface area contributed by atoms with E-state index in [1.807, 2.05) is 24.3 Å². The van der Waals surface area contributed by atoms with Crippen molar-refractivity contribution in [3.63, 3.8) is 0 Å². The summed E-state index contributed by atoms with van der Waals surface area (Å²) < 4.78 is 0. The minimum atomic E-state index is -0.133. The largest absolute Gasteiger partial charge is 0.384 e. The van der Waals surface area contributed by atoms with Crippen LogP contribution in [0.1, 0.15) is 18.4 Å². The highest BCUT2D eigenvalue weighted by Gasteiger charge is 2.21. The predicted molar refractivity (Wildman–Crippen MR) is 62.0 cm³/mol. The molecule has 16 heavy (non-hydrogen) atoms. The van der Waals surface area contributed by atoms with Crippen LogP contribution in [0.2, 0.25) is 0 Å². The topological polar surface area (TPSA) is 40.5 Å². The number of nitrogens with zero attached hydrogens (tertiary/aromatic N) is 1. The molecule has 1 aliphatic rings. The minimum Gasteiger partial charge on any atom is -0.384 e. The fourth-order valence-corrected chi connectivity index (χ4v) is 1.79. The maximum Gasteiger partial charge on any atom is 0.227 e. The molecule has 1 heterocycles. The first-order valence-electron chi connectivity index (χ1n) is 5.31. The summed E-state index contributed by atoms with van der Waals surface area (Å²) in [6, 6.07) is 7.52. The number of rotatable bonds is 1. The van der Waals surface area contributed by atoms with E-state index in [0.29, 0.717) is 6.42 Å². The lowest BCUT2D eigenvalue weighted by Crippen LogP contribution is -2.23. The van der Waals surface area contributed by atoms with Gasteiger partial charge in [0.25, 0.3) is 0 Å². The van der Waals surface area contributed by atoms with E-state index < -0.39 is 0 Å². The van der Waals surface area contributed by atoms with Crippen molar-refractivity contribution in [2.24, 2.45) is 0 Å². The second-order valence-corrected chi connectivity index (χ2v) is 3.66. The van der Waals surface area contributed by atoms with E-state index in [2.05, 4.69) is 11.8 Å². The van der Waals surface area contributed by atoms with Crippen molar-refractivity contribution in [3.05, 3.63) is 29.8 Å². The number of aliphatic hydroxyl groups excluding tert-OH is 1. The van der Waals surface area contributed by atoms with Crippen LogP contribution in [0.3, 0.4) is 0 Å². The van der Waals surface area contributed by atoms with Crippen molar-refractivity contribution < 1.29 is 9.90 Å². The molecule has 3 heteroatoms. The quantitative estimate of drug-likeness (QED) is 0.714. The Morgan fingerprint density at radius 3 is 2.62 bits per heavy atom. The van der Waals surface area contributed by atoms with Crippen LogP contribution in [-0.4, -0.2) is 24.2 Å². The first-order chi connectivity index (χ1) is 7.81. The van der Waals surface area contributed by atoms with Gasteiger partial charge in [0.05, 0.1) is 0 Å². The summed E-state index contributed by atoms with van der Waals surface area (Å²) in [5.41, 5.74) is 1.78. The van der Waals surface area contributed by atoms with Gasteiger partial charge in [-0.05, 0) is 30.7 Å². The molecule has 1 aliphatic heterocycles. The Morgan fingerprint density at radius 2 is 2.06 bits per heavy atom. The summed E-state index contributed by atoms with van der Waals surface area (Å²) in [4.78, 5) is 13.3. The molecule has 0 aliphatic carbocycles. The van der Waals surface area contributed by atoms with Crippen LogP contribution in [0, 0.1) is 11.8 Å². The van der Waals surface area contributed by atoms with Crippen LogP contribution in [0.25, 0.3) is 0 Å². The van der Waals surface area contributed by atoms with Gasteiger partial charge in [0.15, 0.2) is 0 Å². The molecular formula is C13H13NO2. The molecule has 3 nitrogen and oxygen atoms in total. The lowest BCUT2D eigenvalue weighted by atomic mass is 10.2. The van der Waals surface area contributed by atoms with Gasteiger partial charge < -0.3 is 10.0 Å². The highest BCUT2D eigenvalue weighted by Crippen LogP contribution is 2.21. The smallest absolute Gasteiger partial charge is 0.227 e. The van der Waals surface area contributed by atoms with E-state index in [1.54, 1.807) is 4.90 Å². The molecular weight excluding hydrogens is 202 g/mol. The van der Waals surface area contributed by atoms with E-state index in [1.165, 1.54) is 0 Å². The third-order valence-corrected chi connectivity index (χ3v) is 2.56. The first kappa shape index (κ1) is 10.7. The fourth-order valence-electron chi connectivity index (χ4n) is 1.79. The third kappa shape index (κ3) is 2.23. The Labute approximate surface area is 94.7 Å². The number of carbonyl (C=O) groups is 1. The molecule has 0 bridgehead atoms. The van der Waals surface area contributed by atoms with Crippen LogP contribution in [-0.2, 0) is 4.79 Å². The minimum absolute atomic E-state index is 0.133. The predicted octanol–water partition coefficient (Wildman–Crippen LogP) is 1.16. The molecule has 0 radical (unpaired) electrons. The second kappa shape index (κ2) is 4.82. The Balaban J connectivity index is 2.15. The number of hydrogen-bond donors (Lipinski definition) is 1. The van der Waals surface area contributed by atoms with Crippen molar-refractivity contribution >= 4 is 11.6 Å². The van der Waals surface area contributed by atoms with E-state index in [0.717, 1.165) is 24.2 Å². The molecule has 1 amide bonds. The van der Waals surface area contributed by atoms with Gasteiger partial charge in [-0.3, -0.25) is 4.79 Å². The summed E-state index contributed by atoms with van der Waals surface area (Å²) in [6.45, 7) is 0.673. The van der Waals surface area contributed by atoms with Crippen LogP contribution < -0.4 is 4.90 Å². The lowest BCUT2D eigenvalue weighted by Gasteiger charge is -2.15. The lowest BCUT2D eigenvalue weighted by molar-refractivity contribution is -0.117. The van der Waals surface area contributed by atoms with Crippen LogP contribution in [0.5, 0.6) is 0 Å². The Kier molecular flexibility index (Phi) is 3.23. The number of benzene rings is 1. The van der Waals surface area contributed by atoms with Gasteiger partial charge in [-0.25, -0.2) is 0 Å². The summed E-state index contributed by atoms with van der Waals surface area (Å²) in [5.74, 6) is 5.60. The molecule has 1 aromatic rings. The summed E-state index contributed by atoms with van der Waals surface area (Å²) >= 11 is 0. The highest BCUT2D eigenvalue weighted by molar-refractivity contribution is 5.95. The number of anilines is 1. The summed E-state index contributed by atoms with van der Waals surface area (Å²) in [6.07, 6.45) is 1.58. The summed E-state index contributed by atoms with van der Waals surface area (Å²) in [7, 11) is 0. The van der Waals surface area contributed by atoms with Gasteiger partial charge in [0.2, 0.25) is 5.91 Å². The third-order valence-electron chi connectivity index (χ3n) is 2.56. The van der Waals surface area contributed by atoms with Crippen molar-refractivity contribution in [1.82, 2.24) is 0 Å². The van der Waals surface area contributed by atoms with Crippen molar-refractivity contribution in [1.29, 1.82) is 0 Å². The summed E-state index contributed by atoms with van der Waals surface area (Å²) in [5, 5.41) is 8.56. The second-order valence-electron chi connectivity index (χ2n) is 3.66. The molecule has 1 aromatic carbocycles. The van der Waals surface area contributed by atoms with E-state index >= 15 is 0 Å². The van der Waals surface area contributed by atoms with Gasteiger partial charge in [-0.1, -0.05) is 11.8 Å². The van der Waals surface area contributed by atoms with Gasteiger partial charge in [0.1, 0.15) is 6.61 Å². The molecule has 0 spiro atoms. The molecule has 0 saturated carbocycles. The van der Waals surface area contributed by atoms with Crippen molar-refractivity contribution in [2.75, 3.05) is 18.1 Å². The maximum atomic E-state index is 11.5. The molecule has 1 fully saturated rings. The molecule has 0 aromatic heterocycles. The highest BCUT2D eigenvalue weighted by atomic mass is 16.2. The number of amides is 1. The standard InChI is InChI=1S/C13H13NO2/c15-10-2-3-11-5-7-12(8-6-11)14-9-1-4-13(14)16/h5-8,15H,1,4,9-10H2. The van der Waals surface area contributed by atoms with Gasteiger partial charge in [0, 0.05) is 24.2 Å². The molecule has 2 rings (SSSR count). The zero-order valence-corrected chi connectivity index (χ0v) is 8.94. The molecule has 82 valence electrons. The zero-order valence-electron chi connectivity index (χ0n) is 8.94. The maximum absolute atomic E-state index is 11.5. The average Bonchev–Trinajstić information content (AvgIpc) is 2.74. The fraction of sp³-hybridized carbons (Fsp3) is 0.308. The Morgan fingerprint density at radius 1 is 1.31 bits per heavy atom. The molecule has 0 unspecified atom stereocenters. The molecule has 0 atom stereocenters. The van der Waals surface area contributed by atoms with Crippen molar-refractivity contribution in [2.45, 2.75) is 12.8 Å². The van der Waals surface area contributed by atoms with Crippen LogP contribution in [0.15, 0.2) is 24.3 Å². The Hall–Kier alpha value is -1.79. The van der Waals surface area contributed by atoms with E-state index in [9.17, 15) is 4.79 Å². The molecule has 1 N–H and O–H groups in total. The van der Waals surface area contributed by atoms with Gasteiger partial charge in [-0.2, -0.15) is 0 Å². The average molecular weight is 215 g/mol. The number of hydrogen-bond acceptors (Lipinski definition) is 2. The van der Waals surface area contributed by atoms with Gasteiger partial charge in [-0.15, -0.1) is 0 Å². The van der Waals surface area contributed by atoms with Gasteiger partial charge >= 0.3 is 0 Å². The number of carbonyl (C=O) groups excluding carboxylic acids is 1. The Bertz CT molecular complexity index is 439. The van der Waals surface area contributed by atoms with Crippen LogP contribution >= 0.6 is 0 Å². The normalized spacial score (nSPS) is 14.8. The van der Waals surface area contributed by atoms with E-state index in [4.69, 9.17) is 5.11 Å². The number of aliphatic hydroxyl groups is 1. The van der Waals surface area contributed by atoms with Crippen LogP contribution in [0.4, 0.5) is 5.69 Å². The van der Waals surface area contributed by atoms with Crippen molar-refractivity contribution in [3.8, 4) is 11.8 Å². The monoisotopic (exact) mass is 215 g/mol. The van der Waals surface area contributed by atoms with E-state index in [-0.39, 0.29) is 12.5 Å².